The van der Waals surface area contributed by atoms with Crippen molar-refractivity contribution in [1.29, 1.82) is 0 Å². The third-order valence-electron chi connectivity index (χ3n) is 7.17. The second-order valence-corrected chi connectivity index (χ2v) is 9.02. The quantitative estimate of drug-likeness (QED) is 0.595. The van der Waals surface area contributed by atoms with E-state index in [1.807, 2.05) is 0 Å². The number of methoxy groups -OCH3 is 2. The number of nitrogens with zero attached hydrogens (tertiary/aromatic N) is 1. The maximum Gasteiger partial charge on any atom is 0.126 e. The number of allylic oxidation sites excluding steroid dienone is 1. The van der Waals surface area contributed by atoms with E-state index in [1.165, 1.54) is 37.1 Å². The first kappa shape index (κ1) is 23.7. The molecule has 0 radical (unpaired) electrons. The van der Waals surface area contributed by atoms with Gasteiger partial charge in [0.2, 0.25) is 0 Å². The van der Waals surface area contributed by atoms with Gasteiger partial charge >= 0.3 is 0 Å². The van der Waals surface area contributed by atoms with E-state index in [1.54, 1.807) is 26.4 Å². The van der Waals surface area contributed by atoms with Gasteiger partial charge in [-0.3, -0.25) is 0 Å². The van der Waals surface area contributed by atoms with Crippen LogP contribution in [0.15, 0.2) is 42.5 Å². The molecule has 2 saturated heterocycles. The van der Waals surface area contributed by atoms with Gasteiger partial charge in [0.05, 0.1) is 40.4 Å². The summed E-state index contributed by atoms with van der Waals surface area (Å²) in [5.41, 5.74) is 2.00. The number of hydrogen-bond acceptors (Lipinski definition) is 2. The molecule has 31 heavy (non-hydrogen) atoms. The molecule has 0 aliphatic carbocycles. The number of fused-ring (bicyclic) bond motifs is 2. The fourth-order valence-electron chi connectivity index (χ4n) is 5.40. The summed E-state index contributed by atoms with van der Waals surface area (Å²) < 4.78 is 40.6. The van der Waals surface area contributed by atoms with Crippen LogP contribution in [0.25, 0.3) is 5.57 Å². The lowest BCUT2D eigenvalue weighted by Gasteiger charge is -2.44. The van der Waals surface area contributed by atoms with Crippen LogP contribution in [0, 0.1) is 17.6 Å². The molecule has 2 aliphatic rings. The fraction of sp³-hybridized carbons (Fsp3) is 0.440. The molecule has 0 saturated carbocycles. The van der Waals surface area contributed by atoms with Crippen molar-refractivity contribution in [3.63, 3.8) is 0 Å². The Morgan fingerprint density at radius 3 is 1.74 bits per heavy atom. The lowest BCUT2D eigenvalue weighted by Crippen LogP contribution is -3.00. The Kier molecular flexibility index (Phi) is 7.11. The smallest absolute Gasteiger partial charge is 0.126 e. The van der Waals surface area contributed by atoms with E-state index in [-0.39, 0.29) is 28.6 Å². The van der Waals surface area contributed by atoms with Crippen molar-refractivity contribution < 1.29 is 39.7 Å². The van der Waals surface area contributed by atoms with Gasteiger partial charge in [-0.2, -0.15) is 0 Å². The Hall–Kier alpha value is -1.92. The van der Waals surface area contributed by atoms with Gasteiger partial charge in [0.1, 0.15) is 23.1 Å². The summed E-state index contributed by atoms with van der Waals surface area (Å²) in [6, 6.07) is 10.2. The zero-order valence-corrected chi connectivity index (χ0v) is 20.1. The first-order valence-electron chi connectivity index (χ1n) is 10.6. The molecule has 2 fully saturated rings. The first-order valence-corrected chi connectivity index (χ1v) is 10.6. The SMILES string of the molecule is COc1ccc(F)cc1C(=CC1C[C@H]2CC[C@@H](C1)[N+]2(C)C)c1cc(F)ccc1OC.[Br-]. The van der Waals surface area contributed by atoms with Gasteiger partial charge in [-0.15, -0.1) is 0 Å². The zero-order chi connectivity index (χ0) is 21.5. The molecule has 0 amide bonds. The van der Waals surface area contributed by atoms with Crippen LogP contribution in [0.2, 0.25) is 0 Å². The van der Waals surface area contributed by atoms with Crippen molar-refractivity contribution in [3.8, 4) is 11.5 Å². The number of hydrogen-bond donors (Lipinski definition) is 0. The average molecular weight is 494 g/mol. The van der Waals surface area contributed by atoms with Crippen LogP contribution in [-0.2, 0) is 0 Å². The van der Waals surface area contributed by atoms with E-state index in [0.717, 1.165) is 22.9 Å². The molecule has 0 aromatic heterocycles. The number of quaternary nitrogens is 1. The summed E-state index contributed by atoms with van der Waals surface area (Å²) in [6.45, 7) is 0. The van der Waals surface area contributed by atoms with Crippen molar-refractivity contribution in [1.82, 2.24) is 0 Å². The Labute approximate surface area is 194 Å². The predicted molar refractivity (Wildman–Crippen MR) is 115 cm³/mol. The summed E-state index contributed by atoms with van der Waals surface area (Å²) in [6.07, 6.45) is 6.82. The van der Waals surface area contributed by atoms with Gasteiger partial charge in [-0.05, 0) is 47.9 Å². The van der Waals surface area contributed by atoms with Crippen LogP contribution in [-0.4, -0.2) is 44.9 Å². The summed E-state index contributed by atoms with van der Waals surface area (Å²) in [4.78, 5) is 0. The number of benzene rings is 2. The Morgan fingerprint density at radius 2 is 1.32 bits per heavy atom. The number of ether oxygens (including phenoxy) is 2. The summed E-state index contributed by atoms with van der Waals surface area (Å²) in [5, 5.41) is 0. The zero-order valence-electron chi connectivity index (χ0n) is 18.5. The molecule has 168 valence electrons. The van der Waals surface area contributed by atoms with E-state index < -0.39 is 0 Å². The molecule has 2 aromatic rings. The average Bonchev–Trinajstić information content (AvgIpc) is 2.88. The van der Waals surface area contributed by atoms with Crippen LogP contribution < -0.4 is 26.5 Å². The molecule has 2 aromatic carbocycles. The van der Waals surface area contributed by atoms with Crippen molar-refractivity contribution in [2.75, 3.05) is 28.3 Å². The third-order valence-corrected chi connectivity index (χ3v) is 7.17. The highest BCUT2D eigenvalue weighted by molar-refractivity contribution is 5.85. The number of piperidine rings is 1. The van der Waals surface area contributed by atoms with Crippen LogP contribution in [0.5, 0.6) is 11.5 Å². The van der Waals surface area contributed by atoms with Crippen molar-refractivity contribution in [3.05, 3.63) is 65.2 Å². The Morgan fingerprint density at radius 1 is 0.871 bits per heavy atom. The predicted octanol–water partition coefficient (Wildman–Crippen LogP) is 2.44. The molecule has 4 rings (SSSR count). The molecule has 3 nitrogen and oxygen atoms in total. The Balaban J connectivity index is 0.00000272. The van der Waals surface area contributed by atoms with E-state index >= 15 is 0 Å². The fourth-order valence-corrected chi connectivity index (χ4v) is 5.40. The minimum absolute atomic E-state index is 0. The third kappa shape index (κ3) is 4.51. The topological polar surface area (TPSA) is 18.5 Å². The molecule has 0 spiro atoms. The number of rotatable bonds is 5. The molecule has 0 N–H and O–H groups in total. The minimum Gasteiger partial charge on any atom is -1.00 e. The summed E-state index contributed by atoms with van der Waals surface area (Å²) >= 11 is 0. The normalized spacial score (nSPS) is 23.6. The van der Waals surface area contributed by atoms with Crippen LogP contribution in [0.3, 0.4) is 0 Å². The molecule has 2 bridgehead atoms. The van der Waals surface area contributed by atoms with E-state index in [0.29, 0.717) is 40.6 Å². The Bertz CT molecular complexity index is 904. The van der Waals surface area contributed by atoms with Crippen LogP contribution in [0.1, 0.15) is 36.8 Å². The van der Waals surface area contributed by atoms with E-state index in [4.69, 9.17) is 9.47 Å². The van der Waals surface area contributed by atoms with Crippen molar-refractivity contribution in [2.24, 2.45) is 5.92 Å². The molecule has 6 heteroatoms. The van der Waals surface area contributed by atoms with E-state index in [2.05, 4.69) is 20.2 Å². The maximum absolute atomic E-state index is 14.2. The lowest BCUT2D eigenvalue weighted by atomic mass is 9.84. The standard InChI is InChI=1S/C25H30F2NO2.BrH/c1-28(2)19-7-8-20(28)12-16(11-19)13-21(22-14-17(26)5-9-24(22)29-3)23-15-18(27)6-10-25(23)30-4;/h5-6,9-10,13-16,19-20H,7-8,11-12H2,1-4H3;1H/q+1;/p-1/t16?,19-,20+;. The highest BCUT2D eigenvalue weighted by Gasteiger charge is 2.48. The molecule has 3 atom stereocenters. The molecular weight excluding hydrogens is 464 g/mol. The van der Waals surface area contributed by atoms with Gasteiger partial charge in [-0.1, -0.05) is 6.08 Å². The summed E-state index contributed by atoms with van der Waals surface area (Å²) in [7, 11) is 7.79. The van der Waals surface area contributed by atoms with E-state index in [9.17, 15) is 8.78 Å². The minimum atomic E-state index is -0.353. The van der Waals surface area contributed by atoms with Crippen molar-refractivity contribution in [2.45, 2.75) is 37.8 Å². The van der Waals surface area contributed by atoms with Gasteiger partial charge in [0.15, 0.2) is 0 Å². The van der Waals surface area contributed by atoms with Crippen LogP contribution in [0.4, 0.5) is 8.78 Å². The molecule has 2 heterocycles. The highest BCUT2D eigenvalue weighted by Crippen LogP contribution is 2.45. The second kappa shape index (κ2) is 9.29. The van der Waals surface area contributed by atoms with Crippen molar-refractivity contribution >= 4 is 5.57 Å². The molecule has 1 unspecified atom stereocenters. The van der Waals surface area contributed by atoms with Gasteiger partial charge < -0.3 is 30.9 Å². The van der Waals surface area contributed by atoms with Crippen LogP contribution >= 0.6 is 0 Å². The maximum atomic E-state index is 14.2. The molecule has 2 aliphatic heterocycles. The highest BCUT2D eigenvalue weighted by atomic mass is 79.9. The second-order valence-electron chi connectivity index (χ2n) is 9.02. The molecular formula is C25H30BrF2NO2. The van der Waals surface area contributed by atoms with Gasteiger partial charge in [0, 0.05) is 36.8 Å². The van der Waals surface area contributed by atoms with Gasteiger partial charge in [0.25, 0.3) is 0 Å². The lowest BCUT2D eigenvalue weighted by molar-refractivity contribution is -0.931. The largest absolute Gasteiger partial charge is 1.00 e. The van der Waals surface area contributed by atoms with Gasteiger partial charge in [-0.25, -0.2) is 8.78 Å². The summed E-state index contributed by atoms with van der Waals surface area (Å²) in [5.74, 6) is 0.750. The monoisotopic (exact) mass is 493 g/mol. The first-order chi connectivity index (χ1) is 14.3. The number of halogens is 3.